The summed E-state index contributed by atoms with van der Waals surface area (Å²) in [6.07, 6.45) is 13.1. The Morgan fingerprint density at radius 1 is 0.442 bits per heavy atom. The summed E-state index contributed by atoms with van der Waals surface area (Å²) in [5, 5.41) is 3.33. The number of rotatable bonds is 40. The zero-order chi connectivity index (χ0) is 36.7. The SMILES string of the molecule is CCCCCCCCCc1ccc(OCCOCCOCCOCCOCCOCCOCCOCCOCCOCCOC2CCNCC2)cc1. The number of hydrogen-bond acceptors (Lipinski definition) is 12. The molecule has 1 fully saturated rings. The number of hydrogen-bond donors (Lipinski definition) is 1. The predicted molar refractivity (Wildman–Crippen MR) is 203 cm³/mol. The highest BCUT2D eigenvalue weighted by molar-refractivity contribution is 5.27. The van der Waals surface area contributed by atoms with Crippen LogP contribution in [0.5, 0.6) is 5.75 Å². The second-order valence-corrected chi connectivity index (χ2v) is 12.7. The third-order valence-electron chi connectivity index (χ3n) is 8.33. The van der Waals surface area contributed by atoms with Crippen LogP contribution < -0.4 is 10.1 Å². The minimum atomic E-state index is 0.373. The molecule has 1 aromatic rings. The third-order valence-corrected chi connectivity index (χ3v) is 8.33. The van der Waals surface area contributed by atoms with Crippen LogP contribution in [0.1, 0.15) is 70.3 Å². The van der Waals surface area contributed by atoms with Gasteiger partial charge in [-0.05, 0) is 56.5 Å². The van der Waals surface area contributed by atoms with Gasteiger partial charge in [0.05, 0.1) is 132 Å². The first-order valence-corrected chi connectivity index (χ1v) is 20.1. The van der Waals surface area contributed by atoms with Gasteiger partial charge >= 0.3 is 0 Å². The van der Waals surface area contributed by atoms with Crippen LogP contribution in [0.15, 0.2) is 24.3 Å². The first-order chi connectivity index (χ1) is 25.9. The first-order valence-electron chi connectivity index (χ1n) is 20.1. The second-order valence-electron chi connectivity index (χ2n) is 12.7. The van der Waals surface area contributed by atoms with E-state index in [0.29, 0.717) is 138 Å². The summed E-state index contributed by atoms with van der Waals surface area (Å²) in [5.74, 6) is 0.889. The van der Waals surface area contributed by atoms with Crippen LogP contribution in [0.25, 0.3) is 0 Å². The van der Waals surface area contributed by atoms with Gasteiger partial charge in [0.2, 0.25) is 0 Å². The zero-order valence-corrected chi connectivity index (χ0v) is 32.5. The maximum absolute atomic E-state index is 5.80. The fraction of sp³-hybridized carbons (Fsp3) is 0.850. The van der Waals surface area contributed by atoms with Gasteiger partial charge < -0.3 is 57.4 Å². The number of aryl methyl sites for hydroxylation is 1. The lowest BCUT2D eigenvalue weighted by molar-refractivity contribution is -0.0322. The average Bonchev–Trinajstić information content (AvgIpc) is 3.17. The smallest absolute Gasteiger partial charge is 0.119 e. The van der Waals surface area contributed by atoms with Crippen molar-refractivity contribution in [3.05, 3.63) is 29.8 Å². The standard InChI is InChI=1S/C40H73NO11/c1-2-3-4-5-6-7-8-9-38-10-12-39(13-11-38)51-36-34-49-32-30-47-28-26-45-24-22-43-20-18-42-19-21-44-23-25-46-27-29-48-31-33-50-35-37-52-40-14-16-41-17-15-40/h10-13,40-41H,2-9,14-37H2,1H3. The quantitative estimate of drug-likeness (QED) is 0.0884. The molecule has 0 aromatic heterocycles. The minimum Gasteiger partial charge on any atom is -0.491 e. The molecule has 0 saturated carbocycles. The number of benzene rings is 1. The predicted octanol–water partition coefficient (Wildman–Crippen LogP) is 5.28. The lowest BCUT2D eigenvalue weighted by Gasteiger charge is -2.22. The third kappa shape index (κ3) is 31.0. The van der Waals surface area contributed by atoms with Crippen molar-refractivity contribution in [2.75, 3.05) is 145 Å². The van der Waals surface area contributed by atoms with E-state index < -0.39 is 0 Å². The number of unbranched alkanes of at least 4 members (excludes halogenated alkanes) is 6. The summed E-state index contributed by atoms with van der Waals surface area (Å²) in [5.41, 5.74) is 1.38. The maximum Gasteiger partial charge on any atom is 0.119 e. The molecule has 0 bridgehead atoms. The highest BCUT2D eigenvalue weighted by atomic mass is 16.6. The van der Waals surface area contributed by atoms with Gasteiger partial charge in [-0.25, -0.2) is 0 Å². The number of ether oxygens (including phenoxy) is 11. The van der Waals surface area contributed by atoms with Gasteiger partial charge in [-0.1, -0.05) is 57.6 Å². The van der Waals surface area contributed by atoms with Gasteiger partial charge in [0.15, 0.2) is 0 Å². The molecule has 0 unspecified atom stereocenters. The molecule has 1 aromatic carbocycles. The van der Waals surface area contributed by atoms with Crippen molar-refractivity contribution in [2.24, 2.45) is 0 Å². The van der Waals surface area contributed by atoms with Gasteiger partial charge in [0.1, 0.15) is 12.4 Å². The molecule has 0 spiro atoms. The monoisotopic (exact) mass is 744 g/mol. The molecule has 0 radical (unpaired) electrons. The molecule has 52 heavy (non-hydrogen) atoms. The molecule has 0 aliphatic carbocycles. The molecule has 1 heterocycles. The molecule has 1 aliphatic rings. The Morgan fingerprint density at radius 2 is 0.808 bits per heavy atom. The zero-order valence-electron chi connectivity index (χ0n) is 32.5. The Kier molecular flexibility index (Phi) is 34.0. The lowest BCUT2D eigenvalue weighted by atomic mass is 10.0. The fourth-order valence-corrected chi connectivity index (χ4v) is 5.35. The Morgan fingerprint density at radius 3 is 1.23 bits per heavy atom. The van der Waals surface area contributed by atoms with Gasteiger partial charge in [-0.2, -0.15) is 0 Å². The molecule has 2 rings (SSSR count). The molecule has 12 heteroatoms. The molecule has 1 saturated heterocycles. The van der Waals surface area contributed by atoms with Crippen LogP contribution in [-0.2, 0) is 53.8 Å². The molecular weight excluding hydrogens is 670 g/mol. The molecule has 1 N–H and O–H groups in total. The normalized spacial score (nSPS) is 13.6. The van der Waals surface area contributed by atoms with E-state index in [1.54, 1.807) is 0 Å². The largest absolute Gasteiger partial charge is 0.491 e. The van der Waals surface area contributed by atoms with E-state index in [4.69, 9.17) is 52.1 Å². The van der Waals surface area contributed by atoms with Crippen molar-refractivity contribution in [3.8, 4) is 5.75 Å². The summed E-state index contributed by atoms with van der Waals surface area (Å²) in [6, 6.07) is 8.46. The van der Waals surface area contributed by atoms with E-state index in [9.17, 15) is 0 Å². The molecule has 304 valence electrons. The Balaban J connectivity index is 1.17. The Hall–Kier alpha value is -1.42. The van der Waals surface area contributed by atoms with Crippen LogP contribution in [0.4, 0.5) is 0 Å². The van der Waals surface area contributed by atoms with Crippen LogP contribution >= 0.6 is 0 Å². The van der Waals surface area contributed by atoms with E-state index in [1.165, 1.54) is 50.5 Å². The summed E-state index contributed by atoms with van der Waals surface area (Å²) >= 11 is 0. The van der Waals surface area contributed by atoms with Crippen molar-refractivity contribution >= 4 is 0 Å². The van der Waals surface area contributed by atoms with Crippen molar-refractivity contribution in [1.82, 2.24) is 5.32 Å². The Labute approximate surface area is 315 Å². The van der Waals surface area contributed by atoms with Gasteiger partial charge in [0.25, 0.3) is 0 Å². The van der Waals surface area contributed by atoms with Gasteiger partial charge in [-0.3, -0.25) is 0 Å². The van der Waals surface area contributed by atoms with Crippen molar-refractivity contribution in [1.29, 1.82) is 0 Å². The van der Waals surface area contributed by atoms with E-state index in [1.807, 2.05) is 0 Å². The van der Waals surface area contributed by atoms with Crippen LogP contribution in [-0.4, -0.2) is 151 Å². The Bertz CT molecular complexity index is 845. The second kappa shape index (κ2) is 37.9. The number of nitrogens with one attached hydrogen (secondary N) is 1. The summed E-state index contributed by atoms with van der Waals surface area (Å²) < 4.78 is 61.4. The molecule has 0 atom stereocenters. The summed E-state index contributed by atoms with van der Waals surface area (Å²) in [7, 11) is 0. The van der Waals surface area contributed by atoms with Crippen LogP contribution in [0, 0.1) is 0 Å². The molecule has 0 amide bonds. The van der Waals surface area contributed by atoms with Crippen LogP contribution in [0.2, 0.25) is 0 Å². The van der Waals surface area contributed by atoms with E-state index in [2.05, 4.69) is 36.5 Å². The van der Waals surface area contributed by atoms with Crippen molar-refractivity contribution in [3.63, 3.8) is 0 Å². The van der Waals surface area contributed by atoms with Crippen molar-refractivity contribution in [2.45, 2.75) is 77.2 Å². The maximum atomic E-state index is 5.80. The fourth-order valence-electron chi connectivity index (χ4n) is 5.35. The van der Waals surface area contributed by atoms with Gasteiger partial charge in [0, 0.05) is 0 Å². The highest BCUT2D eigenvalue weighted by Crippen LogP contribution is 2.15. The summed E-state index contributed by atoms with van der Waals surface area (Å²) in [4.78, 5) is 0. The molecular formula is C40H73NO11. The van der Waals surface area contributed by atoms with Gasteiger partial charge in [-0.15, -0.1) is 0 Å². The first kappa shape index (κ1) is 46.7. The summed E-state index contributed by atoms with van der Waals surface area (Å²) in [6.45, 7) is 15.1. The van der Waals surface area contributed by atoms with Crippen LogP contribution in [0.3, 0.4) is 0 Å². The molecule has 1 aliphatic heterocycles. The number of piperidine rings is 1. The lowest BCUT2D eigenvalue weighted by Crippen LogP contribution is -2.33. The van der Waals surface area contributed by atoms with Crippen molar-refractivity contribution < 1.29 is 52.1 Å². The highest BCUT2D eigenvalue weighted by Gasteiger charge is 2.12. The minimum absolute atomic E-state index is 0.373. The van der Waals surface area contributed by atoms with E-state index >= 15 is 0 Å². The van der Waals surface area contributed by atoms with E-state index in [0.717, 1.165) is 38.1 Å². The van der Waals surface area contributed by atoms with E-state index in [-0.39, 0.29) is 0 Å². The topological polar surface area (TPSA) is 114 Å². The average molecular weight is 744 g/mol. The molecule has 12 nitrogen and oxygen atoms in total.